The highest BCUT2D eigenvalue weighted by molar-refractivity contribution is 5.68. The van der Waals surface area contributed by atoms with Crippen molar-refractivity contribution in [3.8, 4) is 0 Å². The molecule has 0 saturated heterocycles. The van der Waals surface area contributed by atoms with Gasteiger partial charge in [0.1, 0.15) is 12.7 Å². The Balaban J connectivity index is 1.33. The van der Waals surface area contributed by atoms with Gasteiger partial charge in [-0.1, -0.05) is 54.9 Å². The molecule has 0 N–H and O–H groups in total. The Hall–Kier alpha value is -2.12. The van der Waals surface area contributed by atoms with Gasteiger partial charge in [-0.2, -0.15) is 0 Å². The summed E-state index contributed by atoms with van der Waals surface area (Å²) in [5.41, 5.74) is 1.92. The van der Waals surface area contributed by atoms with E-state index in [1.165, 1.54) is 98.3 Å². The second kappa shape index (κ2) is 14.6. The summed E-state index contributed by atoms with van der Waals surface area (Å²) >= 11 is 0. The number of ether oxygens (including phenoxy) is 4. The van der Waals surface area contributed by atoms with E-state index in [2.05, 4.69) is 48.5 Å². The third-order valence-electron chi connectivity index (χ3n) is 16.5. The zero-order valence-electron chi connectivity index (χ0n) is 33.9. The Kier molecular flexibility index (Phi) is 11.5. The standard InChI is InChI=1S/C43H70O8/c1-26(13-14-33(49-28(3)45)38(51-30(5)47)34(50-29(4)46)25-48-27(2)44)31-17-22-40(8)32(31)18-23-42(10)36(40)15-16-37-41(9)21-12-20-39(6,7)35(41)19-24-43(37,42)11/h26,31-38H,12-25H2,1-11H3/t26-,31-,32-,33-,34+,35+,36-,37-,38-,40+,41+,42-,43-/m1/s1. The van der Waals surface area contributed by atoms with Crippen molar-refractivity contribution in [3.05, 3.63) is 0 Å². The van der Waals surface area contributed by atoms with Crippen LogP contribution in [-0.2, 0) is 38.1 Å². The maximum absolute atomic E-state index is 12.4. The van der Waals surface area contributed by atoms with Crippen molar-refractivity contribution < 1.29 is 38.1 Å². The Bertz CT molecular complexity index is 1320. The van der Waals surface area contributed by atoms with Crippen molar-refractivity contribution in [2.24, 2.45) is 62.6 Å². The van der Waals surface area contributed by atoms with E-state index in [9.17, 15) is 19.2 Å². The molecule has 0 bridgehead atoms. The van der Waals surface area contributed by atoms with Crippen molar-refractivity contribution in [1.29, 1.82) is 0 Å². The highest BCUT2D eigenvalue weighted by Crippen LogP contribution is 2.78. The number of esters is 4. The summed E-state index contributed by atoms with van der Waals surface area (Å²) in [4.78, 5) is 48.3. The molecular weight excluding hydrogens is 644 g/mol. The fourth-order valence-corrected chi connectivity index (χ4v) is 14.4. The normalized spacial score (nSPS) is 40.5. The molecule has 0 aromatic carbocycles. The lowest BCUT2D eigenvalue weighted by atomic mass is 9.32. The summed E-state index contributed by atoms with van der Waals surface area (Å²) in [5, 5.41) is 0. The van der Waals surface area contributed by atoms with Gasteiger partial charge in [-0.3, -0.25) is 19.2 Å². The fourth-order valence-electron chi connectivity index (χ4n) is 14.4. The summed E-state index contributed by atoms with van der Waals surface area (Å²) in [6.45, 7) is 23.0. The Morgan fingerprint density at radius 3 is 1.75 bits per heavy atom. The lowest BCUT2D eigenvalue weighted by Gasteiger charge is -2.73. The van der Waals surface area contributed by atoms with E-state index in [0.29, 0.717) is 51.2 Å². The van der Waals surface area contributed by atoms with E-state index in [1.54, 1.807) is 0 Å². The number of hydrogen-bond donors (Lipinski definition) is 0. The number of carbonyl (C=O) groups is 4. The molecule has 5 aliphatic carbocycles. The van der Waals surface area contributed by atoms with Crippen LogP contribution in [0, 0.1) is 62.6 Å². The molecule has 5 fully saturated rings. The van der Waals surface area contributed by atoms with Gasteiger partial charge in [0.15, 0.2) is 12.2 Å². The van der Waals surface area contributed by atoms with Crippen LogP contribution in [-0.4, -0.2) is 48.8 Å². The van der Waals surface area contributed by atoms with Crippen LogP contribution in [0.5, 0.6) is 0 Å². The molecule has 0 spiro atoms. The molecule has 5 saturated carbocycles. The smallest absolute Gasteiger partial charge is 0.303 e. The monoisotopic (exact) mass is 715 g/mol. The molecule has 0 aliphatic heterocycles. The molecule has 0 unspecified atom stereocenters. The molecule has 0 amide bonds. The van der Waals surface area contributed by atoms with Crippen LogP contribution in [0.15, 0.2) is 0 Å². The lowest BCUT2D eigenvalue weighted by molar-refractivity contribution is -0.241. The van der Waals surface area contributed by atoms with Crippen molar-refractivity contribution in [2.45, 2.75) is 178 Å². The van der Waals surface area contributed by atoms with E-state index in [1.807, 2.05) is 0 Å². The van der Waals surface area contributed by atoms with Crippen LogP contribution >= 0.6 is 0 Å². The predicted molar refractivity (Wildman–Crippen MR) is 196 cm³/mol. The number of fused-ring (bicyclic) bond motifs is 7. The summed E-state index contributed by atoms with van der Waals surface area (Å²) < 4.78 is 22.1. The molecule has 5 aliphatic rings. The van der Waals surface area contributed by atoms with Crippen LogP contribution in [0.25, 0.3) is 0 Å². The SMILES string of the molecule is CC(=O)OC[C@H](OC(C)=O)[C@H](OC(C)=O)[C@@H](CC[C@@H](C)[C@H]1CC[C@@]2(C)[C@@H]1CC[C@]1(C)[C@@H]2CC[C@@H]2[C@@]3(C)CCCC(C)(C)[C@@H]3CC[C@]21C)OC(C)=O. The molecule has 8 heteroatoms. The molecule has 0 aromatic heterocycles. The first-order valence-corrected chi connectivity index (χ1v) is 20.3. The maximum atomic E-state index is 12.4. The van der Waals surface area contributed by atoms with Gasteiger partial charge in [0.05, 0.1) is 0 Å². The largest absolute Gasteiger partial charge is 0.462 e. The molecule has 290 valence electrons. The fraction of sp³-hybridized carbons (Fsp3) is 0.907. The topological polar surface area (TPSA) is 105 Å². The lowest BCUT2D eigenvalue weighted by Crippen LogP contribution is -2.65. The first-order valence-electron chi connectivity index (χ1n) is 20.3. The van der Waals surface area contributed by atoms with Crippen molar-refractivity contribution >= 4 is 23.9 Å². The zero-order chi connectivity index (χ0) is 37.7. The van der Waals surface area contributed by atoms with E-state index in [4.69, 9.17) is 18.9 Å². The third-order valence-corrected chi connectivity index (χ3v) is 16.5. The summed E-state index contributed by atoms with van der Waals surface area (Å²) in [6, 6.07) is 0. The minimum Gasteiger partial charge on any atom is -0.462 e. The summed E-state index contributed by atoms with van der Waals surface area (Å²) in [7, 11) is 0. The molecule has 51 heavy (non-hydrogen) atoms. The van der Waals surface area contributed by atoms with E-state index in [0.717, 1.165) is 24.2 Å². The third kappa shape index (κ3) is 7.25. The Labute approximate surface area is 308 Å². The van der Waals surface area contributed by atoms with Gasteiger partial charge in [-0.25, -0.2) is 0 Å². The van der Waals surface area contributed by atoms with Gasteiger partial charge in [0.25, 0.3) is 0 Å². The van der Waals surface area contributed by atoms with E-state index >= 15 is 0 Å². The molecule has 0 heterocycles. The van der Waals surface area contributed by atoms with Gasteiger partial charge in [-0.05, 0) is 140 Å². The molecule has 0 radical (unpaired) electrons. The number of carbonyl (C=O) groups excluding carboxylic acids is 4. The van der Waals surface area contributed by atoms with Crippen LogP contribution in [0.1, 0.15) is 160 Å². The maximum Gasteiger partial charge on any atom is 0.303 e. The van der Waals surface area contributed by atoms with Crippen LogP contribution in [0.4, 0.5) is 0 Å². The van der Waals surface area contributed by atoms with Crippen LogP contribution in [0.2, 0.25) is 0 Å². The molecular formula is C43H70O8. The highest BCUT2D eigenvalue weighted by atomic mass is 16.6. The summed E-state index contributed by atoms with van der Waals surface area (Å²) in [6.07, 6.45) is 12.8. The van der Waals surface area contributed by atoms with Crippen molar-refractivity contribution in [2.75, 3.05) is 6.61 Å². The zero-order valence-corrected chi connectivity index (χ0v) is 33.9. The van der Waals surface area contributed by atoms with Gasteiger partial charge >= 0.3 is 23.9 Å². The van der Waals surface area contributed by atoms with Gasteiger partial charge < -0.3 is 18.9 Å². The van der Waals surface area contributed by atoms with Crippen LogP contribution in [0.3, 0.4) is 0 Å². The van der Waals surface area contributed by atoms with Gasteiger partial charge in [0.2, 0.25) is 0 Å². The van der Waals surface area contributed by atoms with Gasteiger partial charge in [0, 0.05) is 27.7 Å². The predicted octanol–water partition coefficient (Wildman–Crippen LogP) is 9.25. The first kappa shape index (κ1) is 40.1. The van der Waals surface area contributed by atoms with E-state index < -0.39 is 42.2 Å². The summed E-state index contributed by atoms with van der Waals surface area (Å²) in [5.74, 6) is 1.68. The quantitative estimate of drug-likeness (QED) is 0.154. The average Bonchev–Trinajstić information content (AvgIpc) is 3.36. The second-order valence-corrected chi connectivity index (χ2v) is 19.5. The number of hydrogen-bond acceptors (Lipinski definition) is 8. The van der Waals surface area contributed by atoms with Crippen LogP contribution < -0.4 is 0 Å². The number of rotatable bonds is 11. The Morgan fingerprint density at radius 1 is 0.588 bits per heavy atom. The molecule has 13 atom stereocenters. The minimum absolute atomic E-state index is 0.305. The minimum atomic E-state index is -1.10. The Morgan fingerprint density at radius 2 is 1.16 bits per heavy atom. The molecule has 8 nitrogen and oxygen atoms in total. The van der Waals surface area contributed by atoms with Gasteiger partial charge in [-0.15, -0.1) is 0 Å². The second-order valence-electron chi connectivity index (χ2n) is 19.5. The van der Waals surface area contributed by atoms with Crippen molar-refractivity contribution in [1.82, 2.24) is 0 Å². The van der Waals surface area contributed by atoms with E-state index in [-0.39, 0.29) is 6.61 Å². The molecule has 0 aromatic rings. The average molecular weight is 715 g/mol. The highest BCUT2D eigenvalue weighted by Gasteiger charge is 2.70. The van der Waals surface area contributed by atoms with Crippen molar-refractivity contribution in [3.63, 3.8) is 0 Å². The molecule has 5 rings (SSSR count). The first-order chi connectivity index (χ1) is 23.7.